The number of para-hydroxylation sites is 1. The van der Waals surface area contributed by atoms with Crippen LogP contribution in [-0.2, 0) is 4.79 Å². The standard InChI is InChI=1S/C12H18N2O2/c1-14(2)13-12(15)9-6-10-16-11-7-4-3-5-8-11/h3-5,7-8H,6,9-10H2,1-2H3,(H,13,15). The van der Waals surface area contributed by atoms with Crippen LogP contribution in [0.4, 0.5) is 0 Å². The first-order valence-corrected chi connectivity index (χ1v) is 5.33. The van der Waals surface area contributed by atoms with E-state index in [1.807, 2.05) is 30.3 Å². The van der Waals surface area contributed by atoms with E-state index in [-0.39, 0.29) is 5.91 Å². The predicted molar refractivity (Wildman–Crippen MR) is 63.0 cm³/mol. The summed E-state index contributed by atoms with van der Waals surface area (Å²) in [5, 5.41) is 1.64. The number of hydrogen-bond acceptors (Lipinski definition) is 3. The van der Waals surface area contributed by atoms with Gasteiger partial charge in [-0.25, -0.2) is 5.01 Å². The fourth-order valence-electron chi connectivity index (χ4n) is 1.24. The van der Waals surface area contributed by atoms with Crippen molar-refractivity contribution in [1.29, 1.82) is 0 Å². The van der Waals surface area contributed by atoms with E-state index < -0.39 is 0 Å². The summed E-state index contributed by atoms with van der Waals surface area (Å²) in [6, 6.07) is 9.60. The first-order chi connectivity index (χ1) is 7.68. The Balaban J connectivity index is 2.10. The van der Waals surface area contributed by atoms with E-state index in [9.17, 15) is 4.79 Å². The highest BCUT2D eigenvalue weighted by Crippen LogP contribution is 2.08. The summed E-state index contributed by atoms with van der Waals surface area (Å²) in [6.45, 7) is 0.560. The molecule has 0 unspecified atom stereocenters. The van der Waals surface area contributed by atoms with E-state index >= 15 is 0 Å². The number of rotatable bonds is 6. The van der Waals surface area contributed by atoms with Gasteiger partial charge in [-0.1, -0.05) is 18.2 Å². The Labute approximate surface area is 96.2 Å². The number of hydrogen-bond donors (Lipinski definition) is 1. The van der Waals surface area contributed by atoms with Crippen LogP contribution in [0.3, 0.4) is 0 Å². The number of hydrazine groups is 1. The molecule has 1 amide bonds. The molecular formula is C12H18N2O2. The third kappa shape index (κ3) is 5.36. The normalized spacial score (nSPS) is 10.2. The summed E-state index contributed by atoms with van der Waals surface area (Å²) in [7, 11) is 3.58. The van der Waals surface area contributed by atoms with Crippen LogP contribution in [0.25, 0.3) is 0 Å². The molecule has 1 N–H and O–H groups in total. The number of carbonyl (C=O) groups excluding carboxylic acids is 1. The first kappa shape index (κ1) is 12.5. The summed E-state index contributed by atoms with van der Waals surface area (Å²) in [4.78, 5) is 11.3. The Morgan fingerprint density at radius 1 is 1.31 bits per heavy atom. The maximum atomic E-state index is 11.3. The lowest BCUT2D eigenvalue weighted by Gasteiger charge is -2.11. The second-order valence-electron chi connectivity index (χ2n) is 3.69. The average Bonchev–Trinajstić information content (AvgIpc) is 2.25. The van der Waals surface area contributed by atoms with E-state index in [0.29, 0.717) is 19.4 Å². The molecule has 1 aromatic carbocycles. The molecule has 0 spiro atoms. The molecule has 0 aliphatic rings. The third-order valence-electron chi connectivity index (χ3n) is 1.91. The van der Waals surface area contributed by atoms with Gasteiger partial charge in [0.15, 0.2) is 0 Å². The summed E-state index contributed by atoms with van der Waals surface area (Å²) >= 11 is 0. The Morgan fingerprint density at radius 3 is 2.62 bits per heavy atom. The number of carbonyl (C=O) groups is 1. The Bertz CT molecular complexity index is 312. The predicted octanol–water partition coefficient (Wildman–Crippen LogP) is 1.44. The second-order valence-corrected chi connectivity index (χ2v) is 3.69. The Morgan fingerprint density at radius 2 is 2.00 bits per heavy atom. The van der Waals surface area contributed by atoms with Crippen molar-refractivity contribution in [2.75, 3.05) is 20.7 Å². The van der Waals surface area contributed by atoms with Crippen molar-refractivity contribution in [1.82, 2.24) is 10.4 Å². The molecule has 4 nitrogen and oxygen atoms in total. The number of ether oxygens (including phenoxy) is 1. The number of nitrogens with one attached hydrogen (secondary N) is 1. The van der Waals surface area contributed by atoms with Gasteiger partial charge in [-0.05, 0) is 18.6 Å². The molecular weight excluding hydrogens is 204 g/mol. The molecule has 0 aliphatic heterocycles. The third-order valence-corrected chi connectivity index (χ3v) is 1.91. The summed E-state index contributed by atoms with van der Waals surface area (Å²) in [6.07, 6.45) is 1.19. The quantitative estimate of drug-likeness (QED) is 0.585. The van der Waals surface area contributed by atoms with Crippen LogP contribution in [0, 0.1) is 0 Å². The van der Waals surface area contributed by atoms with Gasteiger partial charge in [0.25, 0.3) is 0 Å². The zero-order chi connectivity index (χ0) is 11.8. The number of benzene rings is 1. The van der Waals surface area contributed by atoms with Crippen LogP contribution < -0.4 is 10.2 Å². The largest absolute Gasteiger partial charge is 0.494 e. The van der Waals surface area contributed by atoms with Crippen LogP contribution in [0.5, 0.6) is 5.75 Å². The van der Waals surface area contributed by atoms with Gasteiger partial charge >= 0.3 is 0 Å². The molecule has 0 atom stereocenters. The highest BCUT2D eigenvalue weighted by Gasteiger charge is 2.01. The Kier molecular flexibility index (Phi) is 5.36. The van der Waals surface area contributed by atoms with Crippen LogP contribution >= 0.6 is 0 Å². The zero-order valence-corrected chi connectivity index (χ0v) is 9.77. The SMILES string of the molecule is CN(C)NC(=O)CCCOc1ccccc1. The van der Waals surface area contributed by atoms with Gasteiger partial charge in [0.05, 0.1) is 6.61 Å². The molecule has 0 fully saturated rings. The summed E-state index contributed by atoms with van der Waals surface area (Å²) in [5.74, 6) is 0.858. The molecule has 0 bridgehead atoms. The number of amides is 1. The molecule has 0 heterocycles. The minimum atomic E-state index is 0.0154. The van der Waals surface area contributed by atoms with Crippen molar-refractivity contribution in [2.24, 2.45) is 0 Å². The van der Waals surface area contributed by atoms with Crippen molar-refractivity contribution >= 4 is 5.91 Å². The molecule has 88 valence electrons. The lowest BCUT2D eigenvalue weighted by Crippen LogP contribution is -2.36. The maximum Gasteiger partial charge on any atom is 0.234 e. The van der Waals surface area contributed by atoms with Crippen LogP contribution in [-0.4, -0.2) is 31.6 Å². The molecule has 16 heavy (non-hydrogen) atoms. The van der Waals surface area contributed by atoms with Crippen LogP contribution in [0.2, 0.25) is 0 Å². The molecule has 0 radical (unpaired) electrons. The van der Waals surface area contributed by atoms with Gasteiger partial charge in [-0.15, -0.1) is 0 Å². The highest BCUT2D eigenvalue weighted by atomic mass is 16.5. The van der Waals surface area contributed by atoms with E-state index in [1.54, 1.807) is 19.1 Å². The zero-order valence-electron chi connectivity index (χ0n) is 9.77. The minimum absolute atomic E-state index is 0.0154. The smallest absolute Gasteiger partial charge is 0.234 e. The lowest BCUT2D eigenvalue weighted by atomic mass is 10.3. The summed E-state index contributed by atoms with van der Waals surface area (Å²) in [5.41, 5.74) is 2.68. The van der Waals surface area contributed by atoms with Crippen molar-refractivity contribution in [3.63, 3.8) is 0 Å². The molecule has 4 heteroatoms. The van der Waals surface area contributed by atoms with Gasteiger partial charge in [0.1, 0.15) is 5.75 Å². The molecule has 0 aliphatic carbocycles. The Hall–Kier alpha value is -1.55. The van der Waals surface area contributed by atoms with E-state index in [2.05, 4.69) is 5.43 Å². The van der Waals surface area contributed by atoms with Crippen molar-refractivity contribution in [3.05, 3.63) is 30.3 Å². The topological polar surface area (TPSA) is 41.6 Å². The van der Waals surface area contributed by atoms with Gasteiger partial charge in [-0.3, -0.25) is 10.2 Å². The fraction of sp³-hybridized carbons (Fsp3) is 0.417. The molecule has 0 saturated carbocycles. The van der Waals surface area contributed by atoms with Crippen molar-refractivity contribution < 1.29 is 9.53 Å². The molecule has 1 rings (SSSR count). The van der Waals surface area contributed by atoms with E-state index in [4.69, 9.17) is 4.74 Å². The van der Waals surface area contributed by atoms with Crippen LogP contribution in [0.1, 0.15) is 12.8 Å². The molecule has 0 saturated heterocycles. The van der Waals surface area contributed by atoms with Gasteiger partial charge in [-0.2, -0.15) is 0 Å². The monoisotopic (exact) mass is 222 g/mol. The minimum Gasteiger partial charge on any atom is -0.494 e. The van der Waals surface area contributed by atoms with Gasteiger partial charge in [0.2, 0.25) is 5.91 Å². The molecule has 1 aromatic rings. The van der Waals surface area contributed by atoms with E-state index in [1.165, 1.54) is 0 Å². The van der Waals surface area contributed by atoms with Crippen molar-refractivity contribution in [2.45, 2.75) is 12.8 Å². The summed E-state index contributed by atoms with van der Waals surface area (Å²) < 4.78 is 5.47. The van der Waals surface area contributed by atoms with E-state index in [0.717, 1.165) is 5.75 Å². The lowest BCUT2D eigenvalue weighted by molar-refractivity contribution is -0.125. The van der Waals surface area contributed by atoms with Gasteiger partial charge in [0, 0.05) is 20.5 Å². The highest BCUT2D eigenvalue weighted by molar-refractivity contribution is 5.75. The molecule has 0 aromatic heterocycles. The maximum absolute atomic E-state index is 11.3. The van der Waals surface area contributed by atoms with Crippen LogP contribution in [0.15, 0.2) is 30.3 Å². The number of nitrogens with zero attached hydrogens (tertiary/aromatic N) is 1. The first-order valence-electron chi connectivity index (χ1n) is 5.33. The fourth-order valence-corrected chi connectivity index (χ4v) is 1.24. The van der Waals surface area contributed by atoms with Crippen molar-refractivity contribution in [3.8, 4) is 5.75 Å². The average molecular weight is 222 g/mol. The second kappa shape index (κ2) is 6.85. The van der Waals surface area contributed by atoms with Gasteiger partial charge < -0.3 is 4.74 Å².